The monoisotopic (exact) mass is 324 g/mol. The number of halogens is 3. The van der Waals surface area contributed by atoms with Crippen molar-refractivity contribution in [3.05, 3.63) is 35.4 Å². The summed E-state index contributed by atoms with van der Waals surface area (Å²) in [4.78, 5) is 10.5. The first-order valence-electron chi connectivity index (χ1n) is 3.64. The van der Waals surface area contributed by atoms with Crippen molar-refractivity contribution in [2.75, 3.05) is 0 Å². The smallest absolute Gasteiger partial charge is 0.239 e. The largest absolute Gasteiger partial charge is 0.280 e. The number of hydrogen-bond acceptors (Lipinski definition) is 1. The van der Waals surface area contributed by atoms with Crippen LogP contribution in [0.4, 0.5) is 0 Å². The van der Waals surface area contributed by atoms with Crippen LogP contribution in [-0.4, -0.2) is 5.24 Å². The highest BCUT2D eigenvalue weighted by molar-refractivity contribution is 9.09. The zero-order chi connectivity index (χ0) is 9.84. The summed E-state index contributed by atoms with van der Waals surface area (Å²) < 4.78 is 0. The second-order valence-electron chi connectivity index (χ2n) is 2.50. The van der Waals surface area contributed by atoms with E-state index in [0.717, 1.165) is 16.5 Å². The molecule has 0 amide bonds. The van der Waals surface area contributed by atoms with Gasteiger partial charge in [-0.3, -0.25) is 4.79 Å². The van der Waals surface area contributed by atoms with Gasteiger partial charge in [0.25, 0.3) is 0 Å². The molecule has 0 aliphatic heterocycles. The van der Waals surface area contributed by atoms with Crippen molar-refractivity contribution in [1.29, 1.82) is 0 Å². The molecule has 0 saturated carbocycles. The summed E-state index contributed by atoms with van der Waals surface area (Å²) in [5.74, 6) is 0. The van der Waals surface area contributed by atoms with E-state index in [0.29, 0.717) is 0 Å². The maximum absolute atomic E-state index is 10.9. The van der Waals surface area contributed by atoms with Crippen LogP contribution in [0.5, 0.6) is 0 Å². The van der Waals surface area contributed by atoms with Gasteiger partial charge in [0.05, 0.1) is 0 Å². The van der Waals surface area contributed by atoms with E-state index in [9.17, 15) is 4.79 Å². The lowest BCUT2D eigenvalue weighted by atomic mass is 10.1. The summed E-state index contributed by atoms with van der Waals surface area (Å²) in [7, 11) is 0. The van der Waals surface area contributed by atoms with Gasteiger partial charge in [-0.15, -0.1) is 0 Å². The number of rotatable bonds is 3. The first-order chi connectivity index (χ1) is 6.16. The first-order valence-corrected chi connectivity index (χ1v) is 6.05. The Morgan fingerprint density at radius 1 is 1.46 bits per heavy atom. The second kappa shape index (κ2) is 5.13. The van der Waals surface area contributed by atoms with Crippen molar-refractivity contribution in [1.82, 2.24) is 0 Å². The highest BCUT2D eigenvalue weighted by atomic mass is 79.9. The fourth-order valence-electron chi connectivity index (χ4n) is 1.03. The molecule has 0 radical (unpaired) electrons. The molecule has 0 aromatic heterocycles. The third-order valence-corrected chi connectivity index (χ3v) is 3.67. The quantitative estimate of drug-likeness (QED) is 0.610. The molecule has 1 atom stereocenters. The highest BCUT2D eigenvalue weighted by Gasteiger charge is 2.16. The Morgan fingerprint density at radius 2 is 2.08 bits per heavy atom. The van der Waals surface area contributed by atoms with E-state index in [4.69, 9.17) is 11.6 Å². The average molecular weight is 326 g/mol. The van der Waals surface area contributed by atoms with E-state index in [2.05, 4.69) is 31.9 Å². The van der Waals surface area contributed by atoms with Crippen molar-refractivity contribution >= 4 is 48.7 Å². The molecule has 13 heavy (non-hydrogen) atoms. The van der Waals surface area contributed by atoms with Crippen molar-refractivity contribution in [2.24, 2.45) is 0 Å². The fraction of sp³-hybridized carbons (Fsp3) is 0.222. The van der Waals surface area contributed by atoms with Gasteiger partial charge in [0, 0.05) is 5.33 Å². The lowest BCUT2D eigenvalue weighted by Gasteiger charge is -2.09. The molecule has 1 aromatic carbocycles. The van der Waals surface area contributed by atoms with Gasteiger partial charge in [-0.2, -0.15) is 0 Å². The lowest BCUT2D eigenvalue weighted by Crippen LogP contribution is -2.01. The summed E-state index contributed by atoms with van der Waals surface area (Å²) in [6.45, 7) is 0. The topological polar surface area (TPSA) is 17.1 Å². The van der Waals surface area contributed by atoms with Gasteiger partial charge in [-0.25, -0.2) is 0 Å². The molecular formula is C9H7Br2ClO. The van der Waals surface area contributed by atoms with Gasteiger partial charge in [-0.05, 0) is 22.7 Å². The van der Waals surface area contributed by atoms with Crippen LogP contribution in [0.15, 0.2) is 24.3 Å². The van der Waals surface area contributed by atoms with Gasteiger partial charge < -0.3 is 0 Å². The van der Waals surface area contributed by atoms with E-state index < -0.39 is 10.1 Å². The van der Waals surface area contributed by atoms with E-state index >= 15 is 0 Å². The van der Waals surface area contributed by atoms with Crippen LogP contribution in [0.1, 0.15) is 16.0 Å². The Bertz CT molecular complexity index is 314. The van der Waals surface area contributed by atoms with Crippen molar-refractivity contribution in [3.63, 3.8) is 0 Å². The number of alkyl halides is 2. The zero-order valence-corrected chi connectivity index (χ0v) is 10.6. The van der Waals surface area contributed by atoms with Crippen LogP contribution in [-0.2, 0) is 10.1 Å². The number of carbonyl (C=O) groups excluding carboxylic acids is 1. The van der Waals surface area contributed by atoms with Gasteiger partial charge in [0.15, 0.2) is 0 Å². The van der Waals surface area contributed by atoms with Gasteiger partial charge in [0.2, 0.25) is 5.24 Å². The number of benzene rings is 1. The van der Waals surface area contributed by atoms with Gasteiger partial charge in [0.1, 0.15) is 4.83 Å². The van der Waals surface area contributed by atoms with Crippen LogP contribution >= 0.6 is 43.5 Å². The minimum atomic E-state index is -0.414. The first kappa shape index (κ1) is 11.2. The molecule has 0 saturated heterocycles. The molecule has 0 heterocycles. The van der Waals surface area contributed by atoms with Crippen LogP contribution in [0, 0.1) is 0 Å². The predicted octanol–water partition coefficient (Wildman–Crippen LogP) is 3.78. The Morgan fingerprint density at radius 3 is 2.62 bits per heavy atom. The normalized spacial score (nSPS) is 12.5. The summed E-state index contributed by atoms with van der Waals surface area (Å²) in [5, 5.41) is 0.323. The molecular weight excluding hydrogens is 319 g/mol. The summed E-state index contributed by atoms with van der Waals surface area (Å²) in [6.07, 6.45) is 0. The molecule has 1 nitrogen and oxygen atoms in total. The lowest BCUT2D eigenvalue weighted by molar-refractivity contribution is -0.111. The Balaban J connectivity index is 3.05. The molecule has 1 unspecified atom stereocenters. The molecule has 0 spiro atoms. The van der Waals surface area contributed by atoms with Gasteiger partial charge >= 0.3 is 0 Å². The van der Waals surface area contributed by atoms with Crippen molar-refractivity contribution in [2.45, 2.75) is 10.2 Å². The summed E-state index contributed by atoms with van der Waals surface area (Å²) in [5.41, 5.74) is 1.98. The zero-order valence-electron chi connectivity index (χ0n) is 6.64. The molecule has 4 heteroatoms. The van der Waals surface area contributed by atoms with E-state index in [-0.39, 0.29) is 0 Å². The van der Waals surface area contributed by atoms with Crippen molar-refractivity contribution in [3.8, 4) is 0 Å². The molecule has 0 fully saturated rings. The molecule has 0 aliphatic carbocycles. The fourth-order valence-corrected chi connectivity index (χ4v) is 2.10. The average Bonchev–Trinajstić information content (AvgIpc) is 2.16. The second-order valence-corrected chi connectivity index (χ2v) is 4.35. The third-order valence-electron chi connectivity index (χ3n) is 1.67. The van der Waals surface area contributed by atoms with Crippen LogP contribution in [0.25, 0.3) is 0 Å². The molecule has 0 bridgehead atoms. The number of carbonyl (C=O) groups is 1. The molecule has 70 valence electrons. The van der Waals surface area contributed by atoms with Crippen LogP contribution < -0.4 is 0 Å². The molecule has 1 rings (SSSR count). The van der Waals surface area contributed by atoms with Crippen molar-refractivity contribution < 1.29 is 4.79 Å². The van der Waals surface area contributed by atoms with E-state index in [1.54, 1.807) is 0 Å². The Kier molecular flexibility index (Phi) is 4.42. The molecule has 1 aromatic rings. The van der Waals surface area contributed by atoms with E-state index in [1.165, 1.54) is 0 Å². The Hall–Kier alpha value is 0.140. The number of hydrogen-bond donors (Lipinski definition) is 0. The Labute approximate surface area is 98.7 Å². The summed E-state index contributed by atoms with van der Waals surface area (Å²) in [6, 6.07) is 7.66. The van der Waals surface area contributed by atoms with E-state index in [1.807, 2.05) is 24.3 Å². The third kappa shape index (κ3) is 2.79. The standard InChI is InChI=1S/C9H7Br2ClO/c10-5-6-3-1-2-4-7(6)8(11)9(12)13/h1-4,8H,5H2. The predicted molar refractivity (Wildman–Crippen MR) is 61.6 cm³/mol. The molecule has 0 N–H and O–H groups in total. The maximum Gasteiger partial charge on any atom is 0.239 e. The van der Waals surface area contributed by atoms with Gasteiger partial charge in [-0.1, -0.05) is 56.1 Å². The van der Waals surface area contributed by atoms with Crippen LogP contribution in [0.2, 0.25) is 0 Å². The maximum atomic E-state index is 10.9. The highest BCUT2D eigenvalue weighted by Crippen LogP contribution is 2.29. The SMILES string of the molecule is O=C(Cl)C(Br)c1ccccc1CBr. The van der Waals surface area contributed by atoms with Crippen LogP contribution in [0.3, 0.4) is 0 Å². The minimum absolute atomic E-state index is 0.395. The summed E-state index contributed by atoms with van der Waals surface area (Å²) >= 11 is 12.0. The minimum Gasteiger partial charge on any atom is -0.280 e. The molecule has 0 aliphatic rings.